The van der Waals surface area contributed by atoms with E-state index in [4.69, 9.17) is 11.6 Å². The van der Waals surface area contributed by atoms with Gasteiger partial charge in [0.15, 0.2) is 10.2 Å². The van der Waals surface area contributed by atoms with Gasteiger partial charge in [0.1, 0.15) is 5.65 Å². The van der Waals surface area contributed by atoms with Crippen molar-refractivity contribution in [3.05, 3.63) is 29.5 Å². The van der Waals surface area contributed by atoms with Gasteiger partial charge in [-0.05, 0) is 25.0 Å². The van der Waals surface area contributed by atoms with Gasteiger partial charge in [-0.1, -0.05) is 30.5 Å². The highest BCUT2D eigenvalue weighted by molar-refractivity contribution is 7.89. The number of imidazole rings is 1. The number of likely N-dealkylation sites (N-methyl/N-ethyl adjacent to an activating group) is 1. The van der Waals surface area contributed by atoms with Gasteiger partial charge >= 0.3 is 0 Å². The maximum atomic E-state index is 12.8. The Balaban J connectivity index is 1.99. The lowest BCUT2D eigenvalue weighted by atomic mass is 10.0. The summed E-state index contributed by atoms with van der Waals surface area (Å²) in [6.07, 6.45) is 4.68. The third-order valence-electron chi connectivity index (χ3n) is 4.15. The van der Waals surface area contributed by atoms with E-state index in [1.165, 1.54) is 15.8 Å². The molecule has 2 aromatic heterocycles. The summed E-state index contributed by atoms with van der Waals surface area (Å²) in [4.78, 5) is 4.07. The van der Waals surface area contributed by atoms with Crippen molar-refractivity contribution in [1.82, 2.24) is 13.7 Å². The van der Waals surface area contributed by atoms with Crippen molar-refractivity contribution in [2.24, 2.45) is 0 Å². The fourth-order valence-electron chi connectivity index (χ4n) is 3.01. The second kappa shape index (κ2) is 5.49. The molecular formula is C14H18ClN3O3S. The molecule has 2 heterocycles. The van der Waals surface area contributed by atoms with Gasteiger partial charge in [-0.15, -0.1) is 0 Å². The molecule has 0 aliphatic heterocycles. The molecule has 0 amide bonds. The number of aliphatic hydroxyl groups is 1. The number of nitrogens with zero attached hydrogens (tertiary/aromatic N) is 3. The second-order valence-electron chi connectivity index (χ2n) is 5.83. The molecule has 1 aliphatic carbocycles. The molecule has 1 saturated carbocycles. The summed E-state index contributed by atoms with van der Waals surface area (Å²) in [6.45, 7) is 0.0612. The lowest BCUT2D eigenvalue weighted by molar-refractivity contribution is 0.0333. The molecule has 6 nitrogen and oxygen atoms in total. The Morgan fingerprint density at radius 2 is 2.09 bits per heavy atom. The van der Waals surface area contributed by atoms with Crippen LogP contribution in [0.5, 0.6) is 0 Å². The Kier molecular flexibility index (Phi) is 3.92. The Morgan fingerprint density at radius 3 is 2.77 bits per heavy atom. The lowest BCUT2D eigenvalue weighted by Crippen LogP contribution is -2.42. The molecule has 0 spiro atoms. The number of pyridine rings is 1. The minimum absolute atomic E-state index is 0.0588. The van der Waals surface area contributed by atoms with E-state index < -0.39 is 15.6 Å². The van der Waals surface area contributed by atoms with E-state index in [0.29, 0.717) is 18.5 Å². The van der Waals surface area contributed by atoms with Crippen molar-refractivity contribution < 1.29 is 13.5 Å². The number of fused-ring (bicyclic) bond motifs is 1. The first-order chi connectivity index (χ1) is 10.3. The van der Waals surface area contributed by atoms with Gasteiger partial charge in [-0.3, -0.25) is 4.40 Å². The molecule has 1 N–H and O–H groups in total. The van der Waals surface area contributed by atoms with Gasteiger partial charge in [0.2, 0.25) is 0 Å². The van der Waals surface area contributed by atoms with E-state index in [9.17, 15) is 13.5 Å². The molecule has 0 radical (unpaired) electrons. The van der Waals surface area contributed by atoms with Crippen LogP contribution in [-0.2, 0) is 10.0 Å². The topological polar surface area (TPSA) is 74.9 Å². The fourth-order valence-corrected chi connectivity index (χ4v) is 4.85. The minimum Gasteiger partial charge on any atom is -0.389 e. The van der Waals surface area contributed by atoms with Crippen molar-refractivity contribution in [1.29, 1.82) is 0 Å². The smallest absolute Gasteiger partial charge is 0.262 e. The Labute approximate surface area is 134 Å². The molecule has 1 aliphatic rings. The molecule has 120 valence electrons. The predicted octanol–water partition coefficient (Wildman–Crippen LogP) is 1.91. The standard InChI is InChI=1S/C14H18ClN3O3S/c1-17(10-14(19)7-3-4-8-14)22(20,21)13-12(15)16-11-6-2-5-9-18(11)13/h2,5-6,9,19H,3-4,7-8,10H2,1H3. The molecule has 3 rings (SSSR count). The lowest BCUT2D eigenvalue weighted by Gasteiger charge is -2.27. The normalized spacial score (nSPS) is 18.4. The highest BCUT2D eigenvalue weighted by Crippen LogP contribution is 2.32. The Hall–Kier alpha value is -1.15. The van der Waals surface area contributed by atoms with Crippen LogP contribution in [0, 0.1) is 0 Å². The van der Waals surface area contributed by atoms with Crippen LogP contribution in [0.3, 0.4) is 0 Å². The zero-order valence-electron chi connectivity index (χ0n) is 12.2. The third-order valence-corrected chi connectivity index (χ3v) is 6.36. The third kappa shape index (κ3) is 2.62. The van der Waals surface area contributed by atoms with Gasteiger partial charge in [-0.25, -0.2) is 13.4 Å². The summed E-state index contributed by atoms with van der Waals surface area (Å²) in [5.74, 6) is 0. The average molecular weight is 344 g/mol. The summed E-state index contributed by atoms with van der Waals surface area (Å²) in [7, 11) is -2.37. The number of sulfonamides is 1. The maximum absolute atomic E-state index is 12.8. The second-order valence-corrected chi connectivity index (χ2v) is 8.15. The fraction of sp³-hybridized carbons (Fsp3) is 0.500. The average Bonchev–Trinajstić information content (AvgIpc) is 3.01. The highest BCUT2D eigenvalue weighted by atomic mass is 35.5. The number of hydrogen-bond donors (Lipinski definition) is 1. The Bertz CT molecular complexity index is 797. The van der Waals surface area contributed by atoms with Crippen LogP contribution >= 0.6 is 11.6 Å². The quantitative estimate of drug-likeness (QED) is 0.920. The molecule has 8 heteroatoms. The van der Waals surface area contributed by atoms with E-state index in [1.807, 2.05) is 0 Å². The predicted molar refractivity (Wildman–Crippen MR) is 83.4 cm³/mol. The number of halogens is 1. The van der Waals surface area contributed by atoms with Crippen molar-refractivity contribution in [3.8, 4) is 0 Å². The summed E-state index contributed by atoms with van der Waals surface area (Å²) in [5.41, 5.74) is -0.478. The first-order valence-electron chi connectivity index (χ1n) is 7.15. The molecular weight excluding hydrogens is 326 g/mol. The van der Waals surface area contributed by atoms with E-state index in [1.54, 1.807) is 24.4 Å². The van der Waals surface area contributed by atoms with Crippen LogP contribution in [0.4, 0.5) is 0 Å². The van der Waals surface area contributed by atoms with Crippen LogP contribution < -0.4 is 0 Å². The van der Waals surface area contributed by atoms with Crippen molar-refractivity contribution in [2.75, 3.05) is 13.6 Å². The van der Waals surface area contributed by atoms with Crippen LogP contribution in [0.25, 0.3) is 5.65 Å². The number of hydrogen-bond acceptors (Lipinski definition) is 4. The molecule has 0 saturated heterocycles. The summed E-state index contributed by atoms with van der Waals surface area (Å²) < 4.78 is 28.3. The zero-order valence-corrected chi connectivity index (χ0v) is 13.8. The van der Waals surface area contributed by atoms with Crippen molar-refractivity contribution >= 4 is 27.3 Å². The van der Waals surface area contributed by atoms with E-state index in [-0.39, 0.29) is 16.7 Å². The molecule has 0 unspecified atom stereocenters. The van der Waals surface area contributed by atoms with Crippen molar-refractivity contribution in [2.45, 2.75) is 36.3 Å². The van der Waals surface area contributed by atoms with Crippen LogP contribution in [0.1, 0.15) is 25.7 Å². The zero-order chi connectivity index (χ0) is 16.0. The van der Waals surface area contributed by atoms with E-state index in [0.717, 1.165) is 12.8 Å². The molecule has 0 aromatic carbocycles. The molecule has 0 atom stereocenters. The van der Waals surface area contributed by atoms with E-state index in [2.05, 4.69) is 4.98 Å². The van der Waals surface area contributed by atoms with Crippen LogP contribution in [0.15, 0.2) is 29.4 Å². The number of rotatable bonds is 4. The molecule has 0 bridgehead atoms. The van der Waals surface area contributed by atoms with E-state index >= 15 is 0 Å². The van der Waals surface area contributed by atoms with Crippen molar-refractivity contribution in [3.63, 3.8) is 0 Å². The maximum Gasteiger partial charge on any atom is 0.262 e. The molecule has 22 heavy (non-hydrogen) atoms. The SMILES string of the molecule is CN(CC1(O)CCCC1)S(=O)(=O)c1c(Cl)nc2ccccn12. The van der Waals surface area contributed by atoms with Crippen LogP contribution in [0.2, 0.25) is 5.15 Å². The first kappa shape index (κ1) is 15.7. The molecule has 1 fully saturated rings. The molecule has 2 aromatic rings. The van der Waals surface area contributed by atoms with Gasteiger partial charge in [0.25, 0.3) is 10.0 Å². The monoisotopic (exact) mass is 343 g/mol. The van der Waals surface area contributed by atoms with Crippen LogP contribution in [-0.4, -0.2) is 46.4 Å². The number of aromatic nitrogens is 2. The first-order valence-corrected chi connectivity index (χ1v) is 8.97. The summed E-state index contributed by atoms with van der Waals surface area (Å²) in [5, 5.41) is 10.3. The van der Waals surface area contributed by atoms with Gasteiger partial charge < -0.3 is 5.11 Å². The minimum atomic E-state index is -3.84. The Morgan fingerprint density at radius 1 is 1.41 bits per heavy atom. The largest absolute Gasteiger partial charge is 0.389 e. The van der Waals surface area contributed by atoms with Gasteiger partial charge in [0.05, 0.1) is 5.60 Å². The van der Waals surface area contributed by atoms with Gasteiger partial charge in [0, 0.05) is 19.8 Å². The summed E-state index contributed by atoms with van der Waals surface area (Å²) in [6, 6.07) is 5.17. The highest BCUT2D eigenvalue weighted by Gasteiger charge is 2.37. The summed E-state index contributed by atoms with van der Waals surface area (Å²) >= 11 is 6.05. The van der Waals surface area contributed by atoms with Gasteiger partial charge in [-0.2, -0.15) is 4.31 Å².